The first-order valence-corrected chi connectivity index (χ1v) is 7.54. The summed E-state index contributed by atoms with van der Waals surface area (Å²) >= 11 is 2.91. The fourth-order valence-electron chi connectivity index (χ4n) is 1.34. The van der Waals surface area contributed by atoms with Crippen molar-refractivity contribution in [2.24, 2.45) is 0 Å². The van der Waals surface area contributed by atoms with E-state index < -0.39 is 10.0 Å². The third kappa shape index (κ3) is 3.07. The highest BCUT2D eigenvalue weighted by atomic mass is 79.9. The van der Waals surface area contributed by atoms with Gasteiger partial charge in [0.15, 0.2) is 0 Å². The molecule has 0 aliphatic heterocycles. The Bertz CT molecular complexity index is 579. The summed E-state index contributed by atoms with van der Waals surface area (Å²) in [6, 6.07) is 8.89. The minimum absolute atomic E-state index is 0.123. The molecule has 0 amide bonds. The maximum Gasteiger partial charge on any atom is 0.242 e. The summed E-state index contributed by atoms with van der Waals surface area (Å²) in [6.07, 6.45) is 1.66. The Hall–Kier alpha value is -1.34. The summed E-state index contributed by atoms with van der Waals surface area (Å²) in [5.74, 6) is 0. The molecule has 0 saturated carbocycles. The second kappa shape index (κ2) is 4.89. The Morgan fingerprint density at radius 1 is 1.24 bits per heavy atom. The van der Waals surface area contributed by atoms with Crippen molar-refractivity contribution in [2.75, 3.05) is 9.38 Å². The van der Waals surface area contributed by atoms with Crippen molar-refractivity contribution < 1.29 is 8.42 Å². The number of aromatic amines is 1. The van der Waals surface area contributed by atoms with Gasteiger partial charge in [-0.25, -0.2) is 8.42 Å². The van der Waals surface area contributed by atoms with Crippen LogP contribution in [0.5, 0.6) is 0 Å². The smallest absolute Gasteiger partial charge is 0.242 e. The first-order valence-electron chi connectivity index (χ1n) is 4.77. The van der Waals surface area contributed by atoms with Gasteiger partial charge in [0.2, 0.25) is 10.0 Å². The summed E-state index contributed by atoms with van der Waals surface area (Å²) in [7, 11) is -3.29. The molecule has 0 spiro atoms. The van der Waals surface area contributed by atoms with Gasteiger partial charge in [0, 0.05) is 11.9 Å². The van der Waals surface area contributed by atoms with Gasteiger partial charge in [-0.2, -0.15) is 5.10 Å². The quantitative estimate of drug-likeness (QED) is 0.849. The number of halogens is 1. The Kier molecular flexibility index (Phi) is 3.49. The van der Waals surface area contributed by atoms with Crippen molar-refractivity contribution in [2.45, 2.75) is 0 Å². The number of sulfonamides is 1. The van der Waals surface area contributed by atoms with E-state index in [0.29, 0.717) is 5.69 Å². The average Bonchev–Trinajstić information content (AvgIpc) is 2.83. The topological polar surface area (TPSA) is 74.8 Å². The Balaban J connectivity index is 2.19. The molecule has 7 heteroatoms. The SMILES string of the molecule is O=S(=O)(CBr)Nc1ccc(-c2ccn[nH]2)cc1. The van der Waals surface area contributed by atoms with Crippen LogP contribution in [0.3, 0.4) is 0 Å². The van der Waals surface area contributed by atoms with Gasteiger partial charge in [-0.1, -0.05) is 28.1 Å². The predicted molar refractivity (Wildman–Crippen MR) is 70.4 cm³/mol. The van der Waals surface area contributed by atoms with Crippen LogP contribution in [-0.4, -0.2) is 23.3 Å². The summed E-state index contributed by atoms with van der Waals surface area (Å²) in [5.41, 5.74) is 2.37. The summed E-state index contributed by atoms with van der Waals surface area (Å²) in [5, 5.41) is 6.69. The molecule has 0 fully saturated rings. The van der Waals surface area contributed by atoms with Gasteiger partial charge in [-0.3, -0.25) is 9.82 Å². The molecule has 2 rings (SSSR count). The van der Waals surface area contributed by atoms with E-state index in [1.165, 1.54) is 0 Å². The van der Waals surface area contributed by atoms with Crippen molar-refractivity contribution in [3.05, 3.63) is 36.5 Å². The van der Waals surface area contributed by atoms with Crippen LogP contribution < -0.4 is 4.72 Å². The number of nitrogens with zero attached hydrogens (tertiary/aromatic N) is 1. The molecular weight excluding hydrogens is 306 g/mol. The van der Waals surface area contributed by atoms with Crippen LogP contribution >= 0.6 is 15.9 Å². The second-order valence-electron chi connectivity index (χ2n) is 3.37. The van der Waals surface area contributed by atoms with Crippen molar-refractivity contribution in [1.29, 1.82) is 0 Å². The van der Waals surface area contributed by atoms with Crippen LogP contribution in [0.1, 0.15) is 0 Å². The Morgan fingerprint density at radius 2 is 1.94 bits per heavy atom. The van der Waals surface area contributed by atoms with E-state index >= 15 is 0 Å². The van der Waals surface area contributed by atoms with Gasteiger partial charge >= 0.3 is 0 Å². The number of anilines is 1. The third-order valence-electron chi connectivity index (χ3n) is 2.11. The number of benzene rings is 1. The summed E-state index contributed by atoms with van der Waals surface area (Å²) in [6.45, 7) is 0. The van der Waals surface area contributed by atoms with Crippen molar-refractivity contribution in [3.63, 3.8) is 0 Å². The molecule has 1 heterocycles. The molecule has 1 aromatic heterocycles. The van der Waals surface area contributed by atoms with E-state index in [-0.39, 0.29) is 4.66 Å². The molecule has 2 N–H and O–H groups in total. The first-order chi connectivity index (χ1) is 8.11. The standard InChI is InChI=1S/C10H10BrN3O2S/c11-7-17(15,16)14-9-3-1-8(2-4-9)10-5-6-12-13-10/h1-6,14H,7H2,(H,12,13). The van der Waals surface area contributed by atoms with Crippen LogP contribution in [0.25, 0.3) is 11.3 Å². The molecule has 0 radical (unpaired) electrons. The molecule has 0 aliphatic carbocycles. The molecule has 5 nitrogen and oxygen atoms in total. The third-order valence-corrected chi connectivity index (χ3v) is 4.76. The van der Waals surface area contributed by atoms with Gasteiger partial charge in [0.25, 0.3) is 0 Å². The molecule has 17 heavy (non-hydrogen) atoms. The van der Waals surface area contributed by atoms with Crippen LogP contribution in [0.2, 0.25) is 0 Å². The van der Waals surface area contributed by atoms with E-state index in [1.807, 2.05) is 18.2 Å². The molecule has 0 atom stereocenters. The number of alkyl halides is 1. The molecule has 2 aromatic rings. The number of nitrogens with one attached hydrogen (secondary N) is 2. The lowest BCUT2D eigenvalue weighted by Gasteiger charge is -2.05. The summed E-state index contributed by atoms with van der Waals surface area (Å²) < 4.78 is 24.9. The fraction of sp³-hybridized carbons (Fsp3) is 0.100. The minimum atomic E-state index is -3.29. The van der Waals surface area contributed by atoms with Gasteiger partial charge in [0.1, 0.15) is 4.66 Å². The zero-order valence-electron chi connectivity index (χ0n) is 8.72. The molecule has 90 valence electrons. The molecular formula is C10H10BrN3O2S. The number of hydrogen-bond donors (Lipinski definition) is 2. The number of rotatable bonds is 4. The molecule has 0 saturated heterocycles. The van der Waals surface area contributed by atoms with Crippen LogP contribution in [0, 0.1) is 0 Å². The van der Waals surface area contributed by atoms with Gasteiger partial charge in [-0.15, -0.1) is 0 Å². The van der Waals surface area contributed by atoms with E-state index in [4.69, 9.17) is 0 Å². The number of hydrogen-bond acceptors (Lipinski definition) is 3. The highest BCUT2D eigenvalue weighted by Gasteiger charge is 2.07. The molecule has 0 bridgehead atoms. The lowest BCUT2D eigenvalue weighted by Crippen LogP contribution is -2.12. The van der Waals surface area contributed by atoms with Crippen LogP contribution in [0.15, 0.2) is 36.5 Å². The van der Waals surface area contributed by atoms with Crippen LogP contribution in [0.4, 0.5) is 5.69 Å². The van der Waals surface area contributed by atoms with Gasteiger partial charge in [-0.05, 0) is 23.8 Å². The molecule has 0 aliphatic rings. The van der Waals surface area contributed by atoms with E-state index in [9.17, 15) is 8.42 Å². The summed E-state index contributed by atoms with van der Waals surface area (Å²) in [4.78, 5) is 0. The van der Waals surface area contributed by atoms with E-state index in [0.717, 1.165) is 11.3 Å². The lowest BCUT2D eigenvalue weighted by molar-refractivity contribution is 0.606. The van der Waals surface area contributed by atoms with Crippen LogP contribution in [-0.2, 0) is 10.0 Å². The normalized spacial score (nSPS) is 11.4. The zero-order chi connectivity index (χ0) is 12.3. The number of H-pyrrole nitrogens is 1. The molecule has 0 unspecified atom stereocenters. The van der Waals surface area contributed by atoms with E-state index in [2.05, 4.69) is 30.8 Å². The van der Waals surface area contributed by atoms with Gasteiger partial charge in [0.05, 0.1) is 5.69 Å². The fourth-order valence-corrected chi connectivity index (χ4v) is 2.23. The largest absolute Gasteiger partial charge is 0.283 e. The first kappa shape index (κ1) is 12.1. The van der Waals surface area contributed by atoms with Crippen molar-refractivity contribution in [1.82, 2.24) is 10.2 Å². The second-order valence-corrected chi connectivity index (χ2v) is 6.40. The highest BCUT2D eigenvalue weighted by Crippen LogP contribution is 2.19. The molecule has 1 aromatic carbocycles. The Labute approximate surface area is 107 Å². The monoisotopic (exact) mass is 315 g/mol. The maximum absolute atomic E-state index is 11.3. The lowest BCUT2D eigenvalue weighted by atomic mass is 10.1. The van der Waals surface area contributed by atoms with Crippen molar-refractivity contribution >= 4 is 31.6 Å². The van der Waals surface area contributed by atoms with E-state index in [1.54, 1.807) is 18.3 Å². The zero-order valence-corrected chi connectivity index (χ0v) is 11.1. The minimum Gasteiger partial charge on any atom is -0.283 e. The average molecular weight is 316 g/mol. The Morgan fingerprint density at radius 3 is 2.47 bits per heavy atom. The maximum atomic E-state index is 11.3. The number of aromatic nitrogens is 2. The highest BCUT2D eigenvalue weighted by molar-refractivity contribution is 9.10. The van der Waals surface area contributed by atoms with Gasteiger partial charge < -0.3 is 0 Å². The predicted octanol–water partition coefficient (Wildman–Crippen LogP) is 2.17. The van der Waals surface area contributed by atoms with Crippen molar-refractivity contribution in [3.8, 4) is 11.3 Å².